The summed E-state index contributed by atoms with van der Waals surface area (Å²) < 4.78 is 12.8. The van der Waals surface area contributed by atoms with Gasteiger partial charge in [0.2, 0.25) is 0 Å². The third-order valence-corrected chi connectivity index (χ3v) is 8.18. The molecule has 4 rings (SSSR count). The number of piperidine rings is 1. The van der Waals surface area contributed by atoms with Crippen LogP contribution in [0.4, 0.5) is 0 Å². The van der Waals surface area contributed by atoms with Crippen LogP contribution in [0, 0.1) is 5.92 Å². The Bertz CT molecular complexity index is 755. The van der Waals surface area contributed by atoms with Crippen LogP contribution in [0.5, 0.6) is 0 Å². The van der Waals surface area contributed by atoms with Crippen molar-refractivity contribution in [3.63, 3.8) is 0 Å². The molecule has 2 aliphatic heterocycles. The maximum Gasteiger partial charge on any atom is 0.328 e. The average Bonchev–Trinajstić information content (AvgIpc) is 3.27. The van der Waals surface area contributed by atoms with E-state index in [0.29, 0.717) is 12.1 Å². The fourth-order valence-electron chi connectivity index (χ4n) is 6.36. The highest BCUT2D eigenvalue weighted by molar-refractivity contribution is 6.07. The van der Waals surface area contributed by atoms with E-state index in [9.17, 15) is 9.59 Å². The summed E-state index contributed by atoms with van der Waals surface area (Å²) in [6.07, 6.45) is 7.80. The molecule has 3 fully saturated rings. The fraction of sp³-hybridized carbons (Fsp3) is 0.680. The average molecular weight is 415 g/mol. The molecule has 2 bridgehead atoms. The molecule has 2 saturated heterocycles. The normalized spacial score (nSPS) is 29.9. The standard InChI is InChI=1S/C25H36NO4/c1-4-29-23(27)25(19-12-8-9-13-19,18-10-6-5-7-11-18)24(28)30-22-16-20-14-15-21(17-22)26(20,2)3/h5-7,10-11,19-22H,4,8-9,12-17H2,1-3H3/q+1/t20-,21+,22?,25?. The Hall–Kier alpha value is -1.88. The van der Waals surface area contributed by atoms with Crippen LogP contribution in [-0.2, 0) is 24.5 Å². The Labute approximate surface area is 180 Å². The molecule has 0 N–H and O–H groups in total. The third-order valence-electron chi connectivity index (χ3n) is 8.18. The largest absolute Gasteiger partial charge is 0.465 e. The van der Waals surface area contributed by atoms with Gasteiger partial charge in [-0.15, -0.1) is 0 Å². The second kappa shape index (κ2) is 8.33. The SMILES string of the molecule is CCOC(=O)C(C(=O)OC1C[C@H]2CC[C@@H](C1)[N+]2(C)C)(c1ccccc1)C1CCCC1. The number of hydrogen-bond donors (Lipinski definition) is 0. The van der Waals surface area contributed by atoms with Crippen LogP contribution in [0.3, 0.4) is 0 Å². The first-order chi connectivity index (χ1) is 14.4. The van der Waals surface area contributed by atoms with E-state index in [1.165, 1.54) is 12.8 Å². The first kappa shape index (κ1) is 21.4. The van der Waals surface area contributed by atoms with E-state index in [1.807, 2.05) is 30.3 Å². The van der Waals surface area contributed by atoms with Gasteiger partial charge in [-0.25, -0.2) is 0 Å². The van der Waals surface area contributed by atoms with Crippen molar-refractivity contribution in [2.45, 2.75) is 81.9 Å². The van der Waals surface area contributed by atoms with Gasteiger partial charge >= 0.3 is 11.9 Å². The lowest BCUT2D eigenvalue weighted by atomic mass is 9.69. The monoisotopic (exact) mass is 414 g/mol. The lowest BCUT2D eigenvalue weighted by molar-refractivity contribution is -0.931. The lowest BCUT2D eigenvalue weighted by Crippen LogP contribution is -2.57. The molecule has 1 aliphatic carbocycles. The molecule has 1 aromatic carbocycles. The summed E-state index contributed by atoms with van der Waals surface area (Å²) in [5.41, 5.74) is -0.635. The Kier molecular flexibility index (Phi) is 5.93. The van der Waals surface area contributed by atoms with Gasteiger partial charge in [-0.3, -0.25) is 9.59 Å². The van der Waals surface area contributed by atoms with Crippen molar-refractivity contribution in [2.75, 3.05) is 20.7 Å². The number of carbonyl (C=O) groups is 2. The molecule has 3 aliphatic rings. The fourth-order valence-corrected chi connectivity index (χ4v) is 6.36. The number of quaternary nitrogens is 1. The van der Waals surface area contributed by atoms with E-state index < -0.39 is 17.4 Å². The Morgan fingerprint density at radius 3 is 2.13 bits per heavy atom. The van der Waals surface area contributed by atoms with Gasteiger partial charge in [0.15, 0.2) is 5.41 Å². The third kappa shape index (κ3) is 3.45. The number of rotatable bonds is 6. The molecule has 2 heterocycles. The van der Waals surface area contributed by atoms with E-state index in [4.69, 9.17) is 9.47 Å². The number of esters is 2. The molecule has 30 heavy (non-hydrogen) atoms. The lowest BCUT2D eigenvalue weighted by Gasteiger charge is -2.44. The molecule has 0 amide bonds. The number of nitrogens with zero attached hydrogens (tertiary/aromatic N) is 1. The first-order valence-electron chi connectivity index (χ1n) is 11.7. The van der Waals surface area contributed by atoms with Gasteiger partial charge in [0.25, 0.3) is 0 Å². The van der Waals surface area contributed by atoms with Crippen LogP contribution in [0.1, 0.15) is 63.9 Å². The number of hydrogen-bond acceptors (Lipinski definition) is 4. The maximum atomic E-state index is 13.9. The molecule has 0 spiro atoms. The molecule has 5 nitrogen and oxygen atoms in total. The molecule has 5 heteroatoms. The Balaban J connectivity index is 1.67. The van der Waals surface area contributed by atoms with Gasteiger partial charge in [-0.05, 0) is 31.2 Å². The van der Waals surface area contributed by atoms with E-state index in [-0.39, 0.29) is 18.6 Å². The summed E-state index contributed by atoms with van der Waals surface area (Å²) >= 11 is 0. The molecule has 0 radical (unpaired) electrons. The zero-order valence-electron chi connectivity index (χ0n) is 18.6. The zero-order chi connectivity index (χ0) is 21.4. The van der Waals surface area contributed by atoms with Gasteiger partial charge < -0.3 is 14.0 Å². The number of benzene rings is 1. The Morgan fingerprint density at radius 1 is 0.967 bits per heavy atom. The summed E-state index contributed by atoms with van der Waals surface area (Å²) in [6, 6.07) is 10.5. The van der Waals surface area contributed by atoms with Crippen molar-refractivity contribution < 1.29 is 23.5 Å². The summed E-state index contributed by atoms with van der Waals surface area (Å²) in [5.74, 6) is -0.905. The molecule has 1 saturated carbocycles. The van der Waals surface area contributed by atoms with Crippen LogP contribution in [0.25, 0.3) is 0 Å². The van der Waals surface area contributed by atoms with Crippen LogP contribution >= 0.6 is 0 Å². The summed E-state index contributed by atoms with van der Waals surface area (Å²) in [4.78, 5) is 27.4. The van der Waals surface area contributed by atoms with Crippen LogP contribution < -0.4 is 0 Å². The first-order valence-corrected chi connectivity index (χ1v) is 11.7. The van der Waals surface area contributed by atoms with Crippen LogP contribution in [-0.4, -0.2) is 55.3 Å². The van der Waals surface area contributed by atoms with Gasteiger partial charge in [-0.2, -0.15) is 0 Å². The quantitative estimate of drug-likeness (QED) is 0.401. The van der Waals surface area contributed by atoms with Crippen molar-refractivity contribution in [2.24, 2.45) is 5.92 Å². The van der Waals surface area contributed by atoms with Crippen molar-refractivity contribution in [1.29, 1.82) is 0 Å². The minimum absolute atomic E-state index is 0.0704. The van der Waals surface area contributed by atoms with Gasteiger partial charge in [0, 0.05) is 25.7 Å². The highest BCUT2D eigenvalue weighted by atomic mass is 16.6. The van der Waals surface area contributed by atoms with Crippen LogP contribution in [0.2, 0.25) is 0 Å². The molecule has 4 atom stereocenters. The second-order valence-electron chi connectivity index (χ2n) is 9.89. The molecule has 1 aromatic rings. The molecule has 2 unspecified atom stereocenters. The predicted molar refractivity (Wildman–Crippen MR) is 115 cm³/mol. The van der Waals surface area contributed by atoms with Gasteiger partial charge in [0.05, 0.1) is 32.8 Å². The second-order valence-corrected chi connectivity index (χ2v) is 9.89. The zero-order valence-corrected chi connectivity index (χ0v) is 18.6. The number of fused-ring (bicyclic) bond motifs is 2. The minimum atomic E-state index is -1.35. The smallest absolute Gasteiger partial charge is 0.328 e. The van der Waals surface area contributed by atoms with Crippen molar-refractivity contribution in [1.82, 2.24) is 0 Å². The molecule has 0 aromatic heterocycles. The van der Waals surface area contributed by atoms with Crippen molar-refractivity contribution in [3.05, 3.63) is 35.9 Å². The van der Waals surface area contributed by atoms with Gasteiger partial charge in [0.1, 0.15) is 6.10 Å². The molecular weight excluding hydrogens is 378 g/mol. The summed E-state index contributed by atoms with van der Waals surface area (Å²) in [5, 5.41) is 0. The van der Waals surface area contributed by atoms with E-state index in [2.05, 4.69) is 14.1 Å². The topological polar surface area (TPSA) is 52.6 Å². The van der Waals surface area contributed by atoms with Crippen molar-refractivity contribution >= 4 is 11.9 Å². The highest BCUT2D eigenvalue weighted by Gasteiger charge is 2.58. The summed E-state index contributed by atoms with van der Waals surface area (Å²) in [6.45, 7) is 2.05. The van der Waals surface area contributed by atoms with Gasteiger partial charge in [-0.1, -0.05) is 43.2 Å². The summed E-state index contributed by atoms with van der Waals surface area (Å²) in [7, 11) is 4.59. The highest BCUT2D eigenvalue weighted by Crippen LogP contribution is 2.46. The van der Waals surface area contributed by atoms with Crippen LogP contribution in [0.15, 0.2) is 30.3 Å². The minimum Gasteiger partial charge on any atom is -0.465 e. The molecule has 164 valence electrons. The van der Waals surface area contributed by atoms with E-state index >= 15 is 0 Å². The predicted octanol–water partition coefficient (Wildman–Crippen LogP) is 3.99. The van der Waals surface area contributed by atoms with E-state index in [1.54, 1.807) is 6.92 Å². The van der Waals surface area contributed by atoms with Crippen molar-refractivity contribution in [3.8, 4) is 0 Å². The number of carbonyl (C=O) groups excluding carboxylic acids is 2. The molecular formula is C25H36NO4+. The Morgan fingerprint density at radius 2 is 1.57 bits per heavy atom. The maximum absolute atomic E-state index is 13.9. The van der Waals surface area contributed by atoms with E-state index in [0.717, 1.165) is 48.6 Å². The number of ether oxygens (including phenoxy) is 2.